The first-order chi connectivity index (χ1) is 12.5. The van der Waals surface area contributed by atoms with Crippen molar-refractivity contribution in [2.24, 2.45) is 0 Å². The van der Waals surface area contributed by atoms with E-state index in [2.05, 4.69) is 39.4 Å². The van der Waals surface area contributed by atoms with Gasteiger partial charge >= 0.3 is 0 Å². The van der Waals surface area contributed by atoms with Gasteiger partial charge in [0.1, 0.15) is 11.6 Å². The molecule has 6 nitrogen and oxygen atoms in total. The lowest BCUT2D eigenvalue weighted by Gasteiger charge is -2.15. The van der Waals surface area contributed by atoms with Crippen molar-refractivity contribution in [3.63, 3.8) is 0 Å². The second kappa shape index (κ2) is 8.01. The minimum Gasteiger partial charge on any atom is -0.508 e. The van der Waals surface area contributed by atoms with E-state index in [1.807, 2.05) is 18.2 Å². The van der Waals surface area contributed by atoms with Crippen LogP contribution in [0.1, 0.15) is 20.3 Å². The van der Waals surface area contributed by atoms with Gasteiger partial charge in [-0.1, -0.05) is 18.5 Å². The van der Waals surface area contributed by atoms with Crippen molar-refractivity contribution < 1.29 is 5.11 Å². The molecule has 3 rings (SSSR count). The molecule has 1 atom stereocenters. The van der Waals surface area contributed by atoms with Gasteiger partial charge in [0, 0.05) is 36.1 Å². The molecule has 3 N–H and O–H groups in total. The van der Waals surface area contributed by atoms with Crippen molar-refractivity contribution in [2.75, 3.05) is 10.6 Å². The van der Waals surface area contributed by atoms with Gasteiger partial charge < -0.3 is 15.7 Å². The quantitative estimate of drug-likeness (QED) is 0.538. The van der Waals surface area contributed by atoms with Crippen LogP contribution in [-0.2, 0) is 0 Å². The number of nitrogens with zero attached hydrogens (tertiary/aromatic N) is 3. The molecule has 0 aliphatic rings. The Hall–Kier alpha value is -2.86. The molecule has 7 heteroatoms. The van der Waals surface area contributed by atoms with Crippen LogP contribution < -0.4 is 10.6 Å². The van der Waals surface area contributed by atoms with Crippen LogP contribution in [0.15, 0.2) is 48.8 Å². The molecule has 0 aliphatic heterocycles. The third kappa shape index (κ3) is 4.40. The van der Waals surface area contributed by atoms with Crippen molar-refractivity contribution >= 4 is 29.1 Å². The predicted molar refractivity (Wildman–Crippen MR) is 105 cm³/mol. The van der Waals surface area contributed by atoms with Crippen molar-refractivity contribution in [1.82, 2.24) is 15.0 Å². The molecule has 134 valence electrons. The molecule has 1 aromatic carbocycles. The maximum atomic E-state index is 9.51. The second-order valence-corrected chi connectivity index (χ2v) is 6.35. The molecule has 0 saturated heterocycles. The number of nitrogens with one attached hydrogen (secondary N) is 2. The summed E-state index contributed by atoms with van der Waals surface area (Å²) in [5, 5.41) is 16.4. The lowest BCUT2D eigenvalue weighted by Crippen LogP contribution is -2.16. The Labute approximate surface area is 157 Å². The first kappa shape index (κ1) is 17.9. The minimum absolute atomic E-state index is 0.111. The third-order valence-electron chi connectivity index (χ3n) is 3.91. The molecule has 0 fully saturated rings. The van der Waals surface area contributed by atoms with E-state index in [1.54, 1.807) is 24.5 Å². The molecule has 0 unspecified atom stereocenters. The summed E-state index contributed by atoms with van der Waals surface area (Å²) >= 11 is 6.19. The monoisotopic (exact) mass is 369 g/mol. The van der Waals surface area contributed by atoms with Crippen molar-refractivity contribution in [1.29, 1.82) is 0 Å². The zero-order chi connectivity index (χ0) is 18.5. The number of phenols is 1. The molecule has 0 amide bonds. The molecule has 3 aromatic rings. The SMILES string of the molecule is CC[C@H](C)Nc1nc(Nc2ccc(O)cc2Cl)cc(-c2ccncc2)n1. The highest BCUT2D eigenvalue weighted by atomic mass is 35.5. The predicted octanol–water partition coefficient (Wildman–Crippen LogP) is 4.85. The van der Waals surface area contributed by atoms with Gasteiger partial charge in [0.25, 0.3) is 0 Å². The Morgan fingerprint density at radius 1 is 1.12 bits per heavy atom. The number of rotatable bonds is 6. The summed E-state index contributed by atoms with van der Waals surface area (Å²) in [4.78, 5) is 13.2. The molecule has 0 aliphatic carbocycles. The van der Waals surface area contributed by atoms with E-state index in [9.17, 15) is 5.11 Å². The van der Waals surface area contributed by atoms with Gasteiger partial charge in [-0.3, -0.25) is 4.98 Å². The number of anilines is 3. The number of aromatic hydroxyl groups is 1. The van der Waals surface area contributed by atoms with Gasteiger partial charge in [-0.25, -0.2) is 4.98 Å². The van der Waals surface area contributed by atoms with Crippen LogP contribution in [0.4, 0.5) is 17.5 Å². The number of hydrogen-bond donors (Lipinski definition) is 3. The van der Waals surface area contributed by atoms with Crippen LogP contribution in [0.5, 0.6) is 5.75 Å². The zero-order valence-corrected chi connectivity index (χ0v) is 15.3. The van der Waals surface area contributed by atoms with E-state index in [1.165, 1.54) is 6.07 Å². The maximum absolute atomic E-state index is 9.51. The first-order valence-corrected chi connectivity index (χ1v) is 8.74. The van der Waals surface area contributed by atoms with Gasteiger partial charge in [0.15, 0.2) is 0 Å². The van der Waals surface area contributed by atoms with Crippen molar-refractivity contribution in [3.05, 3.63) is 53.8 Å². The average molecular weight is 370 g/mol. The molecule has 0 spiro atoms. The fraction of sp³-hybridized carbons (Fsp3) is 0.211. The summed E-state index contributed by atoms with van der Waals surface area (Å²) < 4.78 is 0. The molecular weight excluding hydrogens is 350 g/mol. The Balaban J connectivity index is 1.98. The molecular formula is C19H20ClN5O. The van der Waals surface area contributed by atoms with Crippen LogP contribution in [0.3, 0.4) is 0 Å². The Bertz CT molecular complexity index is 888. The van der Waals surface area contributed by atoms with Gasteiger partial charge in [-0.15, -0.1) is 0 Å². The van der Waals surface area contributed by atoms with E-state index in [0.29, 0.717) is 22.5 Å². The number of halogens is 1. The van der Waals surface area contributed by atoms with Crippen LogP contribution in [0.25, 0.3) is 11.3 Å². The van der Waals surface area contributed by atoms with Crippen molar-refractivity contribution in [3.8, 4) is 17.0 Å². The lowest BCUT2D eigenvalue weighted by atomic mass is 10.2. The van der Waals surface area contributed by atoms with Crippen LogP contribution in [0, 0.1) is 0 Å². The number of pyridine rings is 1. The molecule has 26 heavy (non-hydrogen) atoms. The van der Waals surface area contributed by atoms with Crippen LogP contribution in [0.2, 0.25) is 5.02 Å². The minimum atomic E-state index is 0.111. The fourth-order valence-corrected chi connectivity index (χ4v) is 2.53. The topological polar surface area (TPSA) is 83.0 Å². The fourth-order valence-electron chi connectivity index (χ4n) is 2.31. The summed E-state index contributed by atoms with van der Waals surface area (Å²) in [6.45, 7) is 4.17. The van der Waals surface area contributed by atoms with Crippen molar-refractivity contribution in [2.45, 2.75) is 26.3 Å². The Morgan fingerprint density at radius 2 is 1.88 bits per heavy atom. The highest BCUT2D eigenvalue weighted by Gasteiger charge is 2.10. The summed E-state index contributed by atoms with van der Waals surface area (Å²) in [5.74, 6) is 1.25. The molecule has 0 radical (unpaired) electrons. The van der Waals surface area contributed by atoms with Crippen LogP contribution >= 0.6 is 11.6 Å². The Morgan fingerprint density at radius 3 is 2.58 bits per heavy atom. The molecule has 0 saturated carbocycles. The zero-order valence-electron chi connectivity index (χ0n) is 14.6. The van der Waals surface area contributed by atoms with Crippen LogP contribution in [-0.4, -0.2) is 26.1 Å². The highest BCUT2D eigenvalue weighted by molar-refractivity contribution is 6.33. The molecule has 0 bridgehead atoms. The number of benzene rings is 1. The first-order valence-electron chi connectivity index (χ1n) is 8.36. The van der Waals surface area contributed by atoms with E-state index < -0.39 is 0 Å². The third-order valence-corrected chi connectivity index (χ3v) is 4.22. The number of aromatic nitrogens is 3. The van der Waals surface area contributed by atoms with E-state index in [0.717, 1.165) is 17.7 Å². The smallest absolute Gasteiger partial charge is 0.225 e. The normalized spacial score (nSPS) is 11.8. The van der Waals surface area contributed by atoms with E-state index in [-0.39, 0.29) is 11.8 Å². The van der Waals surface area contributed by atoms with Gasteiger partial charge in [-0.05, 0) is 37.6 Å². The van der Waals surface area contributed by atoms with E-state index >= 15 is 0 Å². The summed E-state index contributed by atoms with van der Waals surface area (Å²) in [6.07, 6.45) is 4.40. The number of hydrogen-bond acceptors (Lipinski definition) is 6. The summed E-state index contributed by atoms with van der Waals surface area (Å²) in [6, 6.07) is 10.6. The Kier molecular flexibility index (Phi) is 5.53. The average Bonchev–Trinajstić information content (AvgIpc) is 2.64. The molecule has 2 heterocycles. The van der Waals surface area contributed by atoms with Gasteiger partial charge in [0.2, 0.25) is 5.95 Å². The standard InChI is InChI=1S/C19H20ClN5O/c1-3-12(2)22-19-24-17(13-6-8-21-9-7-13)11-18(25-19)23-16-5-4-14(26)10-15(16)20/h4-12,26H,3H2,1-2H3,(H2,22,23,24,25)/t12-/m0/s1. The second-order valence-electron chi connectivity index (χ2n) is 5.94. The van der Waals surface area contributed by atoms with E-state index in [4.69, 9.17) is 11.6 Å². The maximum Gasteiger partial charge on any atom is 0.225 e. The molecule has 2 aromatic heterocycles. The number of phenolic OH excluding ortho intramolecular Hbond substituents is 1. The van der Waals surface area contributed by atoms with Gasteiger partial charge in [0.05, 0.1) is 16.4 Å². The largest absolute Gasteiger partial charge is 0.508 e. The highest BCUT2D eigenvalue weighted by Crippen LogP contribution is 2.30. The summed E-state index contributed by atoms with van der Waals surface area (Å²) in [5.41, 5.74) is 2.36. The summed E-state index contributed by atoms with van der Waals surface area (Å²) in [7, 11) is 0. The lowest BCUT2D eigenvalue weighted by molar-refractivity contribution is 0.475. The van der Waals surface area contributed by atoms with Gasteiger partial charge in [-0.2, -0.15) is 4.98 Å².